The Labute approximate surface area is 115 Å². The zero-order valence-corrected chi connectivity index (χ0v) is 10.9. The van der Waals surface area contributed by atoms with E-state index in [-0.39, 0.29) is 12.7 Å². The van der Waals surface area contributed by atoms with Gasteiger partial charge in [-0.05, 0) is 12.1 Å². The number of nitrogens with zero attached hydrogens (tertiary/aromatic N) is 3. The maximum atomic E-state index is 11.4. The molecule has 1 N–H and O–H groups in total. The first-order valence-corrected chi connectivity index (χ1v) is 6.40. The van der Waals surface area contributed by atoms with Gasteiger partial charge in [0.05, 0.1) is 6.54 Å². The van der Waals surface area contributed by atoms with Gasteiger partial charge in [0.2, 0.25) is 0 Å². The smallest absolute Gasteiger partial charge is 0.410 e. The Morgan fingerprint density at radius 2 is 2.25 bits per heavy atom. The second-order valence-electron chi connectivity index (χ2n) is 4.47. The lowest BCUT2D eigenvalue weighted by atomic mass is 10.4. The summed E-state index contributed by atoms with van der Waals surface area (Å²) in [4.78, 5) is 17.3. The molecular weight excluding hydrogens is 262 g/mol. The number of ether oxygens (including phenoxy) is 1. The van der Waals surface area contributed by atoms with Crippen LogP contribution in [0.4, 0.5) is 4.79 Å². The van der Waals surface area contributed by atoms with Crippen molar-refractivity contribution < 1.29 is 19.1 Å². The van der Waals surface area contributed by atoms with E-state index < -0.39 is 0 Å². The fourth-order valence-electron chi connectivity index (χ4n) is 2.16. The van der Waals surface area contributed by atoms with Crippen LogP contribution in [0.5, 0.6) is 0 Å². The summed E-state index contributed by atoms with van der Waals surface area (Å²) < 4.78 is 12.3. The Balaban J connectivity index is 1.71. The molecule has 7 heteroatoms. The van der Waals surface area contributed by atoms with Gasteiger partial charge in [0, 0.05) is 25.5 Å². The van der Waals surface area contributed by atoms with Gasteiger partial charge in [-0.1, -0.05) is 0 Å². The summed E-state index contributed by atoms with van der Waals surface area (Å²) in [5.74, 6) is 1.78. The molecule has 2 aromatic heterocycles. The van der Waals surface area contributed by atoms with Gasteiger partial charge >= 0.3 is 6.09 Å². The summed E-state index contributed by atoms with van der Waals surface area (Å²) in [6.45, 7) is 2.11. The average Bonchev–Trinajstić information content (AvgIpc) is 3.16. The topological polar surface area (TPSA) is 80.7 Å². The molecular formula is C13H15N3O4. The monoisotopic (exact) mass is 277 g/mol. The number of imidazole rings is 1. The number of amides is 1. The summed E-state index contributed by atoms with van der Waals surface area (Å²) in [5, 5.41) is 9.01. The third kappa shape index (κ3) is 2.39. The minimum atomic E-state index is -0.271. The largest absolute Gasteiger partial charge is 0.455 e. The van der Waals surface area contributed by atoms with Crippen molar-refractivity contribution in [2.45, 2.75) is 13.2 Å². The van der Waals surface area contributed by atoms with Crippen molar-refractivity contribution >= 4 is 6.09 Å². The van der Waals surface area contributed by atoms with Gasteiger partial charge < -0.3 is 23.7 Å². The quantitative estimate of drug-likeness (QED) is 0.884. The lowest BCUT2D eigenvalue weighted by Gasteiger charge is -2.13. The number of carbonyl (C=O) groups is 1. The lowest BCUT2D eigenvalue weighted by Crippen LogP contribution is -2.28. The van der Waals surface area contributed by atoms with Crippen LogP contribution in [0.1, 0.15) is 5.76 Å². The van der Waals surface area contributed by atoms with E-state index in [1.165, 1.54) is 0 Å². The average molecular weight is 277 g/mol. The molecule has 1 saturated heterocycles. The Kier molecular flexibility index (Phi) is 3.42. The molecule has 1 aliphatic rings. The van der Waals surface area contributed by atoms with Crippen LogP contribution in [0, 0.1) is 0 Å². The molecule has 0 bridgehead atoms. The Morgan fingerprint density at radius 3 is 2.95 bits per heavy atom. The first kappa shape index (κ1) is 12.7. The molecule has 0 saturated carbocycles. The van der Waals surface area contributed by atoms with Gasteiger partial charge in [0.15, 0.2) is 11.6 Å². The molecule has 0 atom stereocenters. The van der Waals surface area contributed by atoms with Gasteiger partial charge in [0.1, 0.15) is 19.0 Å². The molecule has 1 fully saturated rings. The van der Waals surface area contributed by atoms with Crippen LogP contribution in [0.15, 0.2) is 28.9 Å². The van der Waals surface area contributed by atoms with Crippen molar-refractivity contribution in [2.24, 2.45) is 0 Å². The number of aliphatic hydroxyl groups excluding tert-OH is 1. The maximum absolute atomic E-state index is 11.4. The predicted octanol–water partition coefficient (Wildman–Crippen LogP) is 1.09. The van der Waals surface area contributed by atoms with Gasteiger partial charge in [-0.3, -0.25) is 0 Å². The second-order valence-corrected chi connectivity index (χ2v) is 4.47. The second kappa shape index (κ2) is 5.38. The summed E-state index contributed by atoms with van der Waals surface area (Å²) >= 11 is 0. The molecule has 7 nitrogen and oxygen atoms in total. The Hall–Kier alpha value is -2.28. The summed E-state index contributed by atoms with van der Waals surface area (Å²) in [5.41, 5.74) is 0. The molecule has 1 aliphatic heterocycles. The molecule has 0 radical (unpaired) electrons. The number of rotatable bonds is 5. The molecule has 20 heavy (non-hydrogen) atoms. The highest BCUT2D eigenvalue weighted by atomic mass is 16.6. The fraction of sp³-hybridized carbons (Fsp3) is 0.385. The number of carbonyl (C=O) groups excluding carboxylic acids is 1. The van der Waals surface area contributed by atoms with Crippen molar-refractivity contribution in [3.63, 3.8) is 0 Å². The van der Waals surface area contributed by atoms with Crippen LogP contribution in [-0.2, 0) is 17.9 Å². The van der Waals surface area contributed by atoms with E-state index in [2.05, 4.69) is 4.98 Å². The highest BCUT2D eigenvalue weighted by Gasteiger charge is 2.21. The van der Waals surface area contributed by atoms with Gasteiger partial charge in [-0.15, -0.1) is 0 Å². The zero-order valence-electron chi connectivity index (χ0n) is 10.9. The number of furan rings is 1. The van der Waals surface area contributed by atoms with Crippen LogP contribution in [0.2, 0.25) is 0 Å². The van der Waals surface area contributed by atoms with E-state index in [9.17, 15) is 4.79 Å². The number of hydrogen-bond acceptors (Lipinski definition) is 5. The third-order valence-electron chi connectivity index (χ3n) is 3.21. The van der Waals surface area contributed by atoms with E-state index in [0.717, 1.165) is 0 Å². The normalized spacial score (nSPS) is 14.8. The minimum absolute atomic E-state index is 0.139. The van der Waals surface area contributed by atoms with Gasteiger partial charge in [0.25, 0.3) is 0 Å². The van der Waals surface area contributed by atoms with Gasteiger partial charge in [-0.25, -0.2) is 9.78 Å². The molecule has 0 spiro atoms. The third-order valence-corrected chi connectivity index (χ3v) is 3.21. The van der Waals surface area contributed by atoms with Crippen molar-refractivity contribution in [1.82, 2.24) is 14.5 Å². The van der Waals surface area contributed by atoms with E-state index in [4.69, 9.17) is 14.3 Å². The van der Waals surface area contributed by atoms with Crippen LogP contribution < -0.4 is 0 Å². The van der Waals surface area contributed by atoms with Crippen LogP contribution in [0.25, 0.3) is 11.6 Å². The fourth-order valence-corrected chi connectivity index (χ4v) is 2.16. The molecule has 0 aliphatic carbocycles. The standard InChI is InChI=1S/C13H15N3O4/c17-9-10-1-2-11(20-10)12-14-3-4-15(12)5-6-16-7-8-19-13(16)18/h1-4,17H,5-9H2. The van der Waals surface area contributed by atoms with Gasteiger partial charge in [-0.2, -0.15) is 0 Å². The van der Waals surface area contributed by atoms with E-state index >= 15 is 0 Å². The molecule has 3 heterocycles. The Morgan fingerprint density at radius 1 is 1.35 bits per heavy atom. The van der Waals surface area contributed by atoms with Crippen molar-refractivity contribution in [3.05, 3.63) is 30.3 Å². The molecule has 3 rings (SSSR count). The van der Waals surface area contributed by atoms with Crippen LogP contribution in [0.3, 0.4) is 0 Å². The highest BCUT2D eigenvalue weighted by Crippen LogP contribution is 2.20. The van der Waals surface area contributed by atoms with E-state index in [0.29, 0.717) is 43.6 Å². The van der Waals surface area contributed by atoms with Crippen molar-refractivity contribution in [2.75, 3.05) is 19.7 Å². The number of cyclic esters (lactones) is 1. The molecule has 106 valence electrons. The number of hydrogen-bond donors (Lipinski definition) is 1. The van der Waals surface area contributed by atoms with Crippen LogP contribution in [-0.4, -0.2) is 45.3 Å². The minimum Gasteiger partial charge on any atom is -0.455 e. The highest BCUT2D eigenvalue weighted by molar-refractivity contribution is 5.69. The van der Waals surface area contributed by atoms with E-state index in [1.54, 1.807) is 23.2 Å². The summed E-state index contributed by atoms with van der Waals surface area (Å²) in [7, 11) is 0. The molecule has 0 unspecified atom stereocenters. The first-order chi connectivity index (χ1) is 9.78. The number of aliphatic hydroxyl groups is 1. The lowest BCUT2D eigenvalue weighted by molar-refractivity contribution is 0.157. The molecule has 1 amide bonds. The SMILES string of the molecule is O=C1OCCN1CCn1ccnc1-c1ccc(CO)o1. The van der Waals surface area contributed by atoms with E-state index in [1.807, 2.05) is 10.8 Å². The molecule has 0 aromatic carbocycles. The zero-order chi connectivity index (χ0) is 13.9. The predicted molar refractivity (Wildman–Crippen MR) is 68.8 cm³/mol. The van der Waals surface area contributed by atoms with Crippen molar-refractivity contribution in [1.29, 1.82) is 0 Å². The maximum Gasteiger partial charge on any atom is 0.410 e. The number of aromatic nitrogens is 2. The molecule has 2 aromatic rings. The Bertz CT molecular complexity index is 604. The summed E-state index contributed by atoms with van der Waals surface area (Å²) in [6, 6.07) is 3.49. The first-order valence-electron chi connectivity index (χ1n) is 6.40. The summed E-state index contributed by atoms with van der Waals surface area (Å²) in [6.07, 6.45) is 3.24. The van der Waals surface area contributed by atoms with Crippen molar-refractivity contribution in [3.8, 4) is 11.6 Å². The van der Waals surface area contributed by atoms with Crippen LogP contribution >= 0.6 is 0 Å².